The van der Waals surface area contributed by atoms with Gasteiger partial charge in [-0.05, 0) is 72.0 Å². The Hall–Kier alpha value is -0.120. The molecule has 0 aliphatic carbocycles. The van der Waals surface area contributed by atoms with Crippen LogP contribution in [0.3, 0.4) is 0 Å². The minimum atomic E-state index is 0. The quantitative estimate of drug-likeness (QED) is 0.217. The number of halogens is 1. The number of hydrogen-bond donors (Lipinski definition) is 2. The van der Waals surface area contributed by atoms with E-state index in [0.29, 0.717) is 12.2 Å². The lowest BCUT2D eigenvalue weighted by Crippen LogP contribution is -2.45. The van der Waals surface area contributed by atoms with Crippen molar-refractivity contribution < 1.29 is 4.74 Å². The van der Waals surface area contributed by atoms with Crippen molar-refractivity contribution in [2.24, 2.45) is 10.9 Å². The number of rotatable bonds is 9. The lowest BCUT2D eigenvalue weighted by atomic mass is 9.99. The third kappa shape index (κ3) is 10.6. The molecule has 2 atom stereocenters. The standard InChI is InChI=1S/C21H43N5O.HI/c1-5-22-21(23-10-6-12-25-14-8-18(2)9-15-25)24-11-7-13-26-16-19(3)27-20(4)17-26;/h18-20H,5-17H2,1-4H3,(H2,22,23,24);1H. The first-order chi connectivity index (χ1) is 13.1. The number of nitrogens with one attached hydrogen (secondary N) is 2. The van der Waals surface area contributed by atoms with Gasteiger partial charge in [0.25, 0.3) is 0 Å². The molecule has 2 aliphatic heterocycles. The summed E-state index contributed by atoms with van der Waals surface area (Å²) in [5, 5.41) is 6.87. The molecule has 2 aliphatic rings. The van der Waals surface area contributed by atoms with Crippen molar-refractivity contribution in [2.45, 2.75) is 65.6 Å². The van der Waals surface area contributed by atoms with Crippen molar-refractivity contribution >= 4 is 29.9 Å². The van der Waals surface area contributed by atoms with Crippen LogP contribution in [0.25, 0.3) is 0 Å². The van der Waals surface area contributed by atoms with E-state index >= 15 is 0 Å². The van der Waals surface area contributed by atoms with Gasteiger partial charge in [-0.15, -0.1) is 24.0 Å². The molecule has 0 bridgehead atoms. The van der Waals surface area contributed by atoms with Gasteiger partial charge in [-0.3, -0.25) is 9.89 Å². The molecule has 6 nitrogen and oxygen atoms in total. The molecule has 0 amide bonds. The maximum Gasteiger partial charge on any atom is 0.191 e. The Morgan fingerprint density at radius 2 is 1.61 bits per heavy atom. The number of hydrogen-bond acceptors (Lipinski definition) is 4. The van der Waals surface area contributed by atoms with Crippen LogP contribution in [-0.2, 0) is 4.74 Å². The highest BCUT2D eigenvalue weighted by atomic mass is 127. The van der Waals surface area contributed by atoms with Crippen molar-refractivity contribution in [2.75, 3.05) is 58.9 Å². The van der Waals surface area contributed by atoms with Gasteiger partial charge in [-0.2, -0.15) is 0 Å². The predicted octanol–water partition coefficient (Wildman–Crippen LogP) is 2.78. The average Bonchev–Trinajstić information content (AvgIpc) is 2.63. The van der Waals surface area contributed by atoms with Crippen molar-refractivity contribution in [3.63, 3.8) is 0 Å². The van der Waals surface area contributed by atoms with Crippen molar-refractivity contribution in [3.8, 4) is 0 Å². The van der Waals surface area contributed by atoms with Crippen molar-refractivity contribution in [1.82, 2.24) is 20.4 Å². The van der Waals surface area contributed by atoms with E-state index in [1.165, 1.54) is 38.9 Å². The van der Waals surface area contributed by atoms with Crippen LogP contribution in [0.15, 0.2) is 4.99 Å². The molecule has 0 aromatic heterocycles. The van der Waals surface area contributed by atoms with E-state index in [2.05, 4.69) is 48.1 Å². The van der Waals surface area contributed by atoms with Crippen LogP contribution in [0.2, 0.25) is 0 Å². The number of likely N-dealkylation sites (tertiary alicyclic amines) is 1. The van der Waals surface area contributed by atoms with Gasteiger partial charge >= 0.3 is 0 Å². The zero-order valence-corrected chi connectivity index (χ0v) is 20.9. The summed E-state index contributed by atoms with van der Waals surface area (Å²) in [7, 11) is 0. The molecule has 0 aromatic rings. The number of piperidine rings is 1. The number of ether oxygens (including phenoxy) is 1. The number of guanidine groups is 1. The van der Waals surface area contributed by atoms with E-state index in [9.17, 15) is 0 Å². The monoisotopic (exact) mass is 509 g/mol. The highest BCUT2D eigenvalue weighted by Crippen LogP contribution is 2.15. The molecule has 2 unspecified atom stereocenters. The Morgan fingerprint density at radius 3 is 2.25 bits per heavy atom. The number of nitrogens with zero attached hydrogens (tertiary/aromatic N) is 3. The predicted molar refractivity (Wildman–Crippen MR) is 130 cm³/mol. The van der Waals surface area contributed by atoms with Gasteiger partial charge in [0.1, 0.15) is 0 Å². The summed E-state index contributed by atoms with van der Waals surface area (Å²) in [5.74, 6) is 1.88. The van der Waals surface area contributed by atoms with Gasteiger partial charge in [0.05, 0.1) is 12.2 Å². The van der Waals surface area contributed by atoms with Gasteiger partial charge in [-0.1, -0.05) is 6.92 Å². The molecule has 2 rings (SSSR count). The lowest BCUT2D eigenvalue weighted by Gasteiger charge is -2.35. The molecule has 2 heterocycles. The second-order valence-corrected chi connectivity index (χ2v) is 8.44. The molecule has 28 heavy (non-hydrogen) atoms. The Morgan fingerprint density at radius 1 is 0.964 bits per heavy atom. The Labute approximate surface area is 190 Å². The van der Waals surface area contributed by atoms with E-state index in [1.54, 1.807) is 0 Å². The molecular formula is C21H44IN5O. The van der Waals surface area contributed by atoms with Gasteiger partial charge in [0, 0.05) is 39.3 Å². The molecule has 166 valence electrons. The van der Waals surface area contributed by atoms with E-state index < -0.39 is 0 Å². The maximum absolute atomic E-state index is 5.80. The summed E-state index contributed by atoms with van der Waals surface area (Å²) in [4.78, 5) is 9.87. The van der Waals surface area contributed by atoms with Crippen LogP contribution < -0.4 is 10.6 Å². The van der Waals surface area contributed by atoms with E-state index in [4.69, 9.17) is 9.73 Å². The second-order valence-electron chi connectivity index (χ2n) is 8.44. The molecule has 2 fully saturated rings. The largest absolute Gasteiger partial charge is 0.373 e. The normalized spacial score (nSPS) is 25.4. The topological polar surface area (TPSA) is 52.1 Å². The third-order valence-electron chi connectivity index (χ3n) is 5.56. The first-order valence-electron chi connectivity index (χ1n) is 11.2. The summed E-state index contributed by atoms with van der Waals surface area (Å²) in [6, 6.07) is 0. The summed E-state index contributed by atoms with van der Waals surface area (Å²) >= 11 is 0. The first-order valence-corrected chi connectivity index (χ1v) is 11.2. The zero-order valence-electron chi connectivity index (χ0n) is 18.6. The molecular weight excluding hydrogens is 465 g/mol. The summed E-state index contributed by atoms with van der Waals surface area (Å²) in [6.07, 6.45) is 5.69. The smallest absolute Gasteiger partial charge is 0.191 e. The third-order valence-corrected chi connectivity index (χ3v) is 5.56. The number of aliphatic imine (C=N–C) groups is 1. The van der Waals surface area contributed by atoms with Gasteiger partial charge in [0.15, 0.2) is 5.96 Å². The van der Waals surface area contributed by atoms with Crippen LogP contribution in [0.4, 0.5) is 0 Å². The zero-order chi connectivity index (χ0) is 19.5. The van der Waals surface area contributed by atoms with Crippen LogP contribution >= 0.6 is 24.0 Å². The fraction of sp³-hybridized carbons (Fsp3) is 0.952. The molecule has 0 spiro atoms. The Kier molecular flexibility index (Phi) is 13.7. The Balaban J connectivity index is 0.00000392. The SMILES string of the molecule is CCNC(=NCCCN1CC(C)OC(C)C1)NCCCN1CCC(C)CC1.I. The van der Waals surface area contributed by atoms with Crippen LogP contribution in [-0.4, -0.2) is 86.9 Å². The van der Waals surface area contributed by atoms with E-state index in [1.807, 2.05) is 0 Å². The average molecular weight is 510 g/mol. The Bertz CT molecular complexity index is 419. The van der Waals surface area contributed by atoms with Crippen LogP contribution in [0.1, 0.15) is 53.4 Å². The summed E-state index contributed by atoms with van der Waals surface area (Å²) < 4.78 is 5.80. The minimum Gasteiger partial charge on any atom is -0.373 e. The molecule has 0 saturated carbocycles. The second kappa shape index (κ2) is 14.8. The molecule has 2 N–H and O–H groups in total. The van der Waals surface area contributed by atoms with Gasteiger partial charge < -0.3 is 20.3 Å². The highest BCUT2D eigenvalue weighted by molar-refractivity contribution is 14.0. The van der Waals surface area contributed by atoms with Crippen LogP contribution in [0, 0.1) is 5.92 Å². The lowest BCUT2D eigenvalue weighted by molar-refractivity contribution is -0.0679. The first kappa shape index (κ1) is 25.9. The van der Waals surface area contributed by atoms with Crippen molar-refractivity contribution in [1.29, 1.82) is 0 Å². The maximum atomic E-state index is 5.80. The van der Waals surface area contributed by atoms with Gasteiger partial charge in [-0.25, -0.2) is 0 Å². The van der Waals surface area contributed by atoms with E-state index in [-0.39, 0.29) is 24.0 Å². The minimum absolute atomic E-state index is 0. The summed E-state index contributed by atoms with van der Waals surface area (Å²) in [5.41, 5.74) is 0. The van der Waals surface area contributed by atoms with E-state index in [0.717, 1.165) is 57.6 Å². The fourth-order valence-electron chi connectivity index (χ4n) is 4.09. The molecule has 0 radical (unpaired) electrons. The highest BCUT2D eigenvalue weighted by Gasteiger charge is 2.21. The van der Waals surface area contributed by atoms with Gasteiger partial charge in [0.2, 0.25) is 0 Å². The summed E-state index contributed by atoms with van der Waals surface area (Å²) in [6.45, 7) is 18.5. The van der Waals surface area contributed by atoms with Crippen molar-refractivity contribution in [3.05, 3.63) is 0 Å². The number of morpholine rings is 1. The fourth-order valence-corrected chi connectivity index (χ4v) is 4.09. The molecule has 0 aromatic carbocycles. The van der Waals surface area contributed by atoms with Crippen LogP contribution in [0.5, 0.6) is 0 Å². The molecule has 2 saturated heterocycles. The molecule has 7 heteroatoms.